The average Bonchev–Trinajstić information content (AvgIpc) is 2.42. The fraction of sp³-hybridized carbons (Fsp3) is 0.0625. The van der Waals surface area contributed by atoms with E-state index in [1.54, 1.807) is 30.3 Å². The first-order chi connectivity index (χ1) is 9.63. The van der Waals surface area contributed by atoms with Gasteiger partial charge < -0.3 is 0 Å². The van der Waals surface area contributed by atoms with Crippen LogP contribution in [0.25, 0.3) is 10.9 Å². The smallest absolute Gasteiger partial charge is 0.133 e. The predicted molar refractivity (Wildman–Crippen MR) is 75.9 cm³/mol. The highest BCUT2D eigenvalue weighted by Gasteiger charge is 2.09. The maximum atomic E-state index is 13.7. The minimum Gasteiger partial charge on any atom is -0.236 e. The van der Waals surface area contributed by atoms with E-state index in [0.717, 1.165) is 0 Å². The Hall–Kier alpha value is -2.00. The Kier molecular flexibility index (Phi) is 3.36. The third kappa shape index (κ3) is 2.49. The average molecular weight is 290 g/mol. The minimum atomic E-state index is -0.335. The van der Waals surface area contributed by atoms with Crippen LogP contribution in [0.4, 0.5) is 8.78 Å². The molecule has 3 aromatic rings. The van der Waals surface area contributed by atoms with Gasteiger partial charge in [0.05, 0.1) is 5.52 Å². The Morgan fingerprint density at radius 3 is 2.55 bits per heavy atom. The van der Waals surface area contributed by atoms with E-state index >= 15 is 0 Å². The number of fused-ring (bicyclic) bond motifs is 1. The van der Waals surface area contributed by atoms with Crippen LogP contribution >= 0.6 is 11.6 Å². The summed E-state index contributed by atoms with van der Waals surface area (Å²) in [7, 11) is 0. The van der Waals surface area contributed by atoms with Crippen LogP contribution in [0.2, 0.25) is 5.15 Å². The van der Waals surface area contributed by atoms with Crippen LogP contribution in [0.15, 0.2) is 48.5 Å². The van der Waals surface area contributed by atoms with Crippen LogP contribution in [-0.4, -0.2) is 4.98 Å². The Balaban J connectivity index is 2.07. The first-order valence-corrected chi connectivity index (χ1v) is 6.49. The molecule has 0 aliphatic carbocycles. The highest BCUT2D eigenvalue weighted by molar-refractivity contribution is 6.30. The number of nitrogens with zero attached hydrogens (tertiary/aromatic N) is 1. The van der Waals surface area contributed by atoms with E-state index in [9.17, 15) is 8.78 Å². The fourth-order valence-corrected chi connectivity index (χ4v) is 2.35. The topological polar surface area (TPSA) is 12.9 Å². The second-order valence-electron chi connectivity index (χ2n) is 4.54. The van der Waals surface area contributed by atoms with Crippen molar-refractivity contribution in [3.8, 4) is 0 Å². The first kappa shape index (κ1) is 13.0. The summed E-state index contributed by atoms with van der Waals surface area (Å²) < 4.78 is 26.9. The summed E-state index contributed by atoms with van der Waals surface area (Å²) in [5.74, 6) is -0.624. The van der Waals surface area contributed by atoms with Gasteiger partial charge in [-0.3, -0.25) is 0 Å². The lowest BCUT2D eigenvalue weighted by Crippen LogP contribution is -1.95. The molecule has 1 heterocycles. The molecule has 4 heteroatoms. The second-order valence-corrected chi connectivity index (χ2v) is 4.90. The highest BCUT2D eigenvalue weighted by Crippen LogP contribution is 2.24. The third-order valence-electron chi connectivity index (χ3n) is 3.14. The molecule has 2 aromatic carbocycles. The Morgan fingerprint density at radius 2 is 1.75 bits per heavy atom. The van der Waals surface area contributed by atoms with Gasteiger partial charge in [0, 0.05) is 11.8 Å². The van der Waals surface area contributed by atoms with E-state index in [1.807, 2.05) is 0 Å². The molecule has 1 aromatic heterocycles. The molecular weight excluding hydrogens is 280 g/mol. The lowest BCUT2D eigenvalue weighted by atomic mass is 10.0. The molecule has 20 heavy (non-hydrogen) atoms. The number of pyridine rings is 1. The molecule has 0 aliphatic rings. The molecule has 0 amide bonds. The fourth-order valence-electron chi connectivity index (χ4n) is 2.14. The lowest BCUT2D eigenvalue weighted by molar-refractivity contribution is 0.614. The zero-order chi connectivity index (χ0) is 14.1. The van der Waals surface area contributed by atoms with Crippen molar-refractivity contribution in [2.24, 2.45) is 0 Å². The van der Waals surface area contributed by atoms with Crippen LogP contribution in [0.5, 0.6) is 0 Å². The SMILES string of the molecule is Fc1ccc2nc(Cl)c(Cc3ccccc3F)cc2c1. The Labute approximate surface area is 119 Å². The summed E-state index contributed by atoms with van der Waals surface area (Å²) in [5, 5.41) is 0.966. The van der Waals surface area contributed by atoms with E-state index in [0.29, 0.717) is 33.6 Å². The maximum Gasteiger partial charge on any atom is 0.133 e. The van der Waals surface area contributed by atoms with Gasteiger partial charge in [-0.25, -0.2) is 13.8 Å². The summed E-state index contributed by atoms with van der Waals surface area (Å²) in [6, 6.07) is 12.5. The van der Waals surface area contributed by atoms with Gasteiger partial charge in [-0.1, -0.05) is 29.8 Å². The Morgan fingerprint density at radius 1 is 0.950 bits per heavy atom. The Bertz CT molecular complexity index is 787. The molecule has 0 bridgehead atoms. The standard InChI is InChI=1S/C16H10ClF2N/c17-16-12(7-10-3-1-2-4-14(10)19)8-11-9-13(18)5-6-15(11)20-16/h1-6,8-9H,7H2. The van der Waals surface area contributed by atoms with Crippen LogP contribution in [0.1, 0.15) is 11.1 Å². The quantitative estimate of drug-likeness (QED) is 0.620. The molecule has 0 N–H and O–H groups in total. The molecule has 0 fully saturated rings. The third-order valence-corrected chi connectivity index (χ3v) is 3.47. The van der Waals surface area contributed by atoms with Crippen molar-refractivity contribution in [3.05, 3.63) is 76.4 Å². The van der Waals surface area contributed by atoms with Crippen LogP contribution in [-0.2, 0) is 6.42 Å². The number of benzene rings is 2. The van der Waals surface area contributed by atoms with Gasteiger partial charge in [0.1, 0.15) is 16.8 Å². The summed E-state index contributed by atoms with van der Waals surface area (Å²) in [6.07, 6.45) is 0.324. The largest absolute Gasteiger partial charge is 0.236 e. The maximum absolute atomic E-state index is 13.7. The lowest BCUT2D eigenvalue weighted by Gasteiger charge is -2.07. The van der Waals surface area contributed by atoms with Crippen LogP contribution in [0, 0.1) is 11.6 Å². The van der Waals surface area contributed by atoms with Gasteiger partial charge in [0.2, 0.25) is 0 Å². The molecule has 0 unspecified atom stereocenters. The van der Waals surface area contributed by atoms with E-state index in [2.05, 4.69) is 4.98 Å². The first-order valence-electron chi connectivity index (χ1n) is 6.11. The van der Waals surface area contributed by atoms with Gasteiger partial charge >= 0.3 is 0 Å². The highest BCUT2D eigenvalue weighted by atomic mass is 35.5. The van der Waals surface area contributed by atoms with Crippen molar-refractivity contribution >= 4 is 22.5 Å². The minimum absolute atomic E-state index is 0.289. The zero-order valence-electron chi connectivity index (χ0n) is 10.4. The molecule has 0 radical (unpaired) electrons. The van der Waals surface area contributed by atoms with Gasteiger partial charge in [-0.05, 0) is 41.5 Å². The van der Waals surface area contributed by atoms with Crippen molar-refractivity contribution in [3.63, 3.8) is 0 Å². The van der Waals surface area contributed by atoms with Crippen LogP contribution < -0.4 is 0 Å². The molecule has 3 rings (SSSR count). The summed E-state index contributed by atoms with van der Waals surface area (Å²) >= 11 is 6.12. The molecule has 0 saturated heterocycles. The molecule has 100 valence electrons. The second kappa shape index (κ2) is 5.17. The number of aromatic nitrogens is 1. The molecule has 0 spiro atoms. The number of hydrogen-bond acceptors (Lipinski definition) is 1. The molecule has 0 aliphatic heterocycles. The molecular formula is C16H10ClF2N. The molecule has 0 atom stereocenters. The monoisotopic (exact) mass is 289 g/mol. The van der Waals surface area contributed by atoms with Gasteiger partial charge in [-0.15, -0.1) is 0 Å². The van der Waals surface area contributed by atoms with Gasteiger partial charge in [-0.2, -0.15) is 0 Å². The molecule has 0 saturated carbocycles. The van der Waals surface area contributed by atoms with Gasteiger partial charge in [0.25, 0.3) is 0 Å². The van der Waals surface area contributed by atoms with Crippen LogP contribution in [0.3, 0.4) is 0 Å². The van der Waals surface area contributed by atoms with Crippen molar-refractivity contribution in [1.82, 2.24) is 4.98 Å². The number of hydrogen-bond donors (Lipinski definition) is 0. The van der Waals surface area contributed by atoms with Crippen molar-refractivity contribution in [2.45, 2.75) is 6.42 Å². The zero-order valence-corrected chi connectivity index (χ0v) is 11.2. The van der Waals surface area contributed by atoms with E-state index in [4.69, 9.17) is 11.6 Å². The number of rotatable bonds is 2. The van der Waals surface area contributed by atoms with E-state index in [1.165, 1.54) is 18.2 Å². The van der Waals surface area contributed by atoms with Gasteiger partial charge in [0.15, 0.2) is 0 Å². The summed E-state index contributed by atoms with van der Waals surface area (Å²) in [6.45, 7) is 0. The van der Waals surface area contributed by atoms with E-state index < -0.39 is 0 Å². The van der Waals surface area contributed by atoms with Crippen molar-refractivity contribution < 1.29 is 8.78 Å². The van der Waals surface area contributed by atoms with E-state index in [-0.39, 0.29) is 11.6 Å². The predicted octanol–water partition coefficient (Wildman–Crippen LogP) is 4.76. The summed E-state index contributed by atoms with van der Waals surface area (Å²) in [5.41, 5.74) is 1.83. The van der Waals surface area contributed by atoms with Crippen molar-refractivity contribution in [2.75, 3.05) is 0 Å². The number of halogens is 3. The molecule has 1 nitrogen and oxygen atoms in total. The van der Waals surface area contributed by atoms with Crippen molar-refractivity contribution in [1.29, 1.82) is 0 Å². The summed E-state index contributed by atoms with van der Waals surface area (Å²) in [4.78, 5) is 4.22. The normalized spacial score (nSPS) is 10.9.